The molecule has 2 fully saturated rings. The van der Waals surface area contributed by atoms with Gasteiger partial charge < -0.3 is 19.9 Å². The zero-order chi connectivity index (χ0) is 23.8. The molecule has 1 N–H and O–H groups in total. The van der Waals surface area contributed by atoms with E-state index in [1.165, 1.54) is 5.01 Å². The van der Waals surface area contributed by atoms with E-state index >= 15 is 0 Å². The summed E-state index contributed by atoms with van der Waals surface area (Å²) in [5.74, 6) is 2.26. The van der Waals surface area contributed by atoms with Crippen molar-refractivity contribution in [2.45, 2.75) is 44.9 Å². The molecule has 0 saturated carbocycles. The summed E-state index contributed by atoms with van der Waals surface area (Å²) >= 11 is 0. The number of carbonyl (C=O) groups is 3. The molecule has 0 bridgehead atoms. The SMILES string of the molecule is C#CCN1CC(=O)N2[C@@H](CCCC)C(=O)N(CCOC)C[C@@H]2N1C(=O)NCc1ccccc1. The number of unbranched alkanes of at least 4 members (excludes halogenated alkanes) is 1. The van der Waals surface area contributed by atoms with Gasteiger partial charge in [-0.2, -0.15) is 5.01 Å². The largest absolute Gasteiger partial charge is 0.383 e. The molecule has 178 valence electrons. The summed E-state index contributed by atoms with van der Waals surface area (Å²) in [7, 11) is 1.58. The van der Waals surface area contributed by atoms with Gasteiger partial charge >= 0.3 is 6.03 Å². The molecule has 0 spiro atoms. The normalized spacial score (nSPS) is 21.1. The summed E-state index contributed by atoms with van der Waals surface area (Å²) in [6, 6.07) is 8.63. The first kappa shape index (κ1) is 24.6. The second-order valence-electron chi connectivity index (χ2n) is 8.23. The van der Waals surface area contributed by atoms with Crippen molar-refractivity contribution in [3.63, 3.8) is 0 Å². The van der Waals surface area contributed by atoms with Gasteiger partial charge in [-0.25, -0.2) is 9.80 Å². The third kappa shape index (κ3) is 5.64. The van der Waals surface area contributed by atoms with Gasteiger partial charge in [0.15, 0.2) is 0 Å². The van der Waals surface area contributed by atoms with Gasteiger partial charge in [-0.15, -0.1) is 6.42 Å². The number of rotatable bonds is 9. The number of terminal acetylenes is 1. The molecule has 1 aromatic carbocycles. The van der Waals surface area contributed by atoms with Crippen molar-refractivity contribution < 1.29 is 19.1 Å². The van der Waals surface area contributed by atoms with Crippen molar-refractivity contribution in [2.75, 3.05) is 39.9 Å². The number of nitrogens with one attached hydrogen (secondary N) is 1. The Labute approximate surface area is 195 Å². The monoisotopic (exact) mass is 455 g/mol. The maximum absolute atomic E-state index is 13.4. The highest BCUT2D eigenvalue weighted by atomic mass is 16.5. The highest BCUT2D eigenvalue weighted by molar-refractivity contribution is 5.91. The van der Waals surface area contributed by atoms with E-state index in [0.29, 0.717) is 26.1 Å². The standard InChI is InChI=1S/C24H33N5O4/c1-4-6-12-20-23(31)26(14-15-33-3)17-21-28(20)22(30)18-27(13-5-2)29(21)24(32)25-16-19-10-8-7-9-11-19/h2,7-11,20-21H,4,6,12-18H2,1,3H3,(H,25,32)/t20-,21-/m0/s1. The predicted molar refractivity (Wildman–Crippen MR) is 123 cm³/mol. The Bertz CT molecular complexity index is 871. The van der Waals surface area contributed by atoms with Gasteiger partial charge in [-0.1, -0.05) is 56.0 Å². The molecule has 2 saturated heterocycles. The van der Waals surface area contributed by atoms with Crippen LogP contribution in [0.4, 0.5) is 4.79 Å². The predicted octanol–water partition coefficient (Wildman–Crippen LogP) is 1.26. The number of ether oxygens (including phenoxy) is 1. The van der Waals surface area contributed by atoms with Crippen LogP contribution in [0, 0.1) is 12.3 Å². The molecule has 2 aliphatic heterocycles. The lowest BCUT2D eigenvalue weighted by atomic mass is 10.0. The third-order valence-electron chi connectivity index (χ3n) is 5.99. The number of amides is 4. The molecule has 9 heteroatoms. The zero-order valence-electron chi connectivity index (χ0n) is 19.4. The first-order chi connectivity index (χ1) is 16.0. The van der Waals surface area contributed by atoms with Gasteiger partial charge in [0.1, 0.15) is 12.2 Å². The van der Waals surface area contributed by atoms with Crippen LogP contribution in [0.2, 0.25) is 0 Å². The molecule has 0 radical (unpaired) electrons. The van der Waals surface area contributed by atoms with Crippen molar-refractivity contribution in [2.24, 2.45) is 0 Å². The second-order valence-corrected chi connectivity index (χ2v) is 8.23. The molecule has 0 unspecified atom stereocenters. The number of urea groups is 1. The summed E-state index contributed by atoms with van der Waals surface area (Å²) in [6.45, 7) is 3.42. The Morgan fingerprint density at radius 3 is 2.70 bits per heavy atom. The number of hydrogen-bond acceptors (Lipinski definition) is 5. The highest BCUT2D eigenvalue weighted by Gasteiger charge is 2.50. The molecule has 0 aliphatic carbocycles. The van der Waals surface area contributed by atoms with Crippen LogP contribution in [0.1, 0.15) is 31.7 Å². The molecular weight excluding hydrogens is 422 g/mol. The number of hydrazine groups is 1. The van der Waals surface area contributed by atoms with Crippen LogP contribution < -0.4 is 5.32 Å². The molecule has 33 heavy (non-hydrogen) atoms. The van der Waals surface area contributed by atoms with E-state index in [9.17, 15) is 14.4 Å². The number of hydrogen-bond donors (Lipinski definition) is 1. The fraction of sp³-hybridized carbons (Fsp3) is 0.542. The summed E-state index contributed by atoms with van der Waals surface area (Å²) in [5.41, 5.74) is 0.959. The summed E-state index contributed by atoms with van der Waals surface area (Å²) in [6.07, 6.45) is 7.18. The molecule has 0 aromatic heterocycles. The molecular formula is C24H33N5O4. The van der Waals surface area contributed by atoms with Crippen LogP contribution in [0.5, 0.6) is 0 Å². The minimum Gasteiger partial charge on any atom is -0.383 e. The fourth-order valence-electron chi connectivity index (χ4n) is 4.37. The van der Waals surface area contributed by atoms with Crippen molar-refractivity contribution in [3.05, 3.63) is 35.9 Å². The first-order valence-corrected chi connectivity index (χ1v) is 11.4. The van der Waals surface area contributed by atoms with Gasteiger partial charge in [0.2, 0.25) is 11.8 Å². The summed E-state index contributed by atoms with van der Waals surface area (Å²) < 4.78 is 5.18. The number of methoxy groups -OCH3 is 1. The van der Waals surface area contributed by atoms with E-state index in [1.807, 2.05) is 37.3 Å². The number of fused-ring (bicyclic) bond motifs is 1. The van der Waals surface area contributed by atoms with Crippen molar-refractivity contribution in [1.29, 1.82) is 0 Å². The molecule has 2 atom stereocenters. The highest BCUT2D eigenvalue weighted by Crippen LogP contribution is 2.28. The van der Waals surface area contributed by atoms with Gasteiger partial charge in [-0.3, -0.25) is 9.59 Å². The van der Waals surface area contributed by atoms with Crippen LogP contribution in [0.3, 0.4) is 0 Å². The Morgan fingerprint density at radius 1 is 1.27 bits per heavy atom. The zero-order valence-corrected chi connectivity index (χ0v) is 19.4. The van der Waals surface area contributed by atoms with Crippen LogP contribution in [0.25, 0.3) is 0 Å². The van der Waals surface area contributed by atoms with Crippen LogP contribution in [0.15, 0.2) is 30.3 Å². The summed E-state index contributed by atoms with van der Waals surface area (Å²) in [4.78, 5) is 43.1. The molecule has 4 amide bonds. The minimum atomic E-state index is -0.633. The first-order valence-electron chi connectivity index (χ1n) is 11.4. The molecule has 2 aliphatic rings. The van der Waals surface area contributed by atoms with E-state index in [0.717, 1.165) is 18.4 Å². The second kappa shape index (κ2) is 11.7. The third-order valence-corrected chi connectivity index (χ3v) is 5.99. The van der Waals surface area contributed by atoms with Crippen LogP contribution in [-0.4, -0.2) is 89.8 Å². The van der Waals surface area contributed by atoms with E-state index in [-0.39, 0.29) is 37.5 Å². The molecule has 9 nitrogen and oxygen atoms in total. The molecule has 2 heterocycles. The topological polar surface area (TPSA) is 85.4 Å². The lowest BCUT2D eigenvalue weighted by Gasteiger charge is -2.55. The molecule has 1 aromatic rings. The van der Waals surface area contributed by atoms with Crippen molar-refractivity contribution in [3.8, 4) is 12.3 Å². The number of benzene rings is 1. The maximum Gasteiger partial charge on any atom is 0.334 e. The lowest BCUT2D eigenvalue weighted by molar-refractivity contribution is -0.189. The van der Waals surface area contributed by atoms with E-state index in [1.54, 1.807) is 21.9 Å². The average Bonchev–Trinajstić information content (AvgIpc) is 2.82. The van der Waals surface area contributed by atoms with Crippen LogP contribution in [-0.2, 0) is 20.9 Å². The van der Waals surface area contributed by atoms with E-state index in [4.69, 9.17) is 11.2 Å². The van der Waals surface area contributed by atoms with Gasteiger partial charge in [0.25, 0.3) is 0 Å². The molecule has 3 rings (SSSR count). The van der Waals surface area contributed by atoms with Crippen molar-refractivity contribution in [1.82, 2.24) is 25.1 Å². The van der Waals surface area contributed by atoms with Gasteiger partial charge in [-0.05, 0) is 12.0 Å². The quantitative estimate of drug-likeness (QED) is 0.567. The van der Waals surface area contributed by atoms with Crippen molar-refractivity contribution >= 4 is 17.8 Å². The number of carbonyl (C=O) groups excluding carboxylic acids is 3. The number of nitrogens with zero attached hydrogens (tertiary/aromatic N) is 4. The van der Waals surface area contributed by atoms with E-state index in [2.05, 4.69) is 11.2 Å². The van der Waals surface area contributed by atoms with Crippen LogP contribution >= 0.6 is 0 Å². The van der Waals surface area contributed by atoms with Gasteiger partial charge in [0.05, 0.1) is 26.2 Å². The van der Waals surface area contributed by atoms with E-state index < -0.39 is 12.2 Å². The smallest absolute Gasteiger partial charge is 0.334 e. The fourth-order valence-corrected chi connectivity index (χ4v) is 4.37. The average molecular weight is 456 g/mol. The maximum atomic E-state index is 13.4. The Kier molecular flexibility index (Phi) is 8.69. The van der Waals surface area contributed by atoms with Gasteiger partial charge in [0, 0.05) is 20.2 Å². The Balaban J connectivity index is 1.89. The Hall–Kier alpha value is -3.09. The lowest BCUT2D eigenvalue weighted by Crippen LogP contribution is -2.76. The summed E-state index contributed by atoms with van der Waals surface area (Å²) in [5, 5.41) is 6.05. The Morgan fingerprint density at radius 2 is 2.03 bits per heavy atom. The number of piperazine rings is 1. The minimum absolute atomic E-state index is 0.0482.